The molecule has 13 N–H and O–H groups in total. The first-order valence-electron chi connectivity index (χ1n) is 22.3. The third-order valence-electron chi connectivity index (χ3n) is 12.0. The molecule has 2 saturated heterocycles. The number of ether oxygens (including phenoxy) is 4. The molecular weight excluding hydrogens is 851 g/mol. The number of carboxylic acid groups (broad SMARTS) is 1. The van der Waals surface area contributed by atoms with E-state index < -0.39 is 147 Å². The number of aliphatic hydroxyl groups excluding tert-OH is 9. The van der Waals surface area contributed by atoms with Crippen LogP contribution in [0.3, 0.4) is 0 Å². The lowest BCUT2D eigenvalue weighted by molar-refractivity contribution is -0.308. The number of carbonyl (C=O) groups is 2. The molecule has 0 saturated carbocycles. The minimum Gasteiger partial charge on any atom is -0.481 e. The van der Waals surface area contributed by atoms with Crippen LogP contribution in [-0.2, 0) is 28.5 Å². The van der Waals surface area contributed by atoms with Gasteiger partial charge in [-0.05, 0) is 33.1 Å². The molecule has 3 heterocycles. The van der Waals surface area contributed by atoms with Crippen LogP contribution in [0.5, 0.6) is 0 Å². The molecule has 0 unspecified atom stereocenters. The largest absolute Gasteiger partial charge is 0.481 e. The number of allylic oxidation sites excluding steroid dienone is 12. The monoisotopic (exact) mass is 923 g/mol. The molecule has 0 aromatic carbocycles. The molecule has 2 bridgehead atoms. The van der Waals surface area contributed by atoms with Crippen LogP contribution >= 0.6 is 0 Å². The maximum atomic E-state index is 12.6. The minimum atomic E-state index is -2.33. The van der Waals surface area contributed by atoms with Crippen molar-refractivity contribution in [3.8, 4) is 0 Å². The number of cyclic esters (lactones) is 1. The topological polar surface area (TPSA) is 320 Å². The maximum absolute atomic E-state index is 12.6. The van der Waals surface area contributed by atoms with Crippen molar-refractivity contribution < 1.29 is 84.7 Å². The molecule has 0 aromatic rings. The van der Waals surface area contributed by atoms with E-state index in [0.29, 0.717) is 0 Å². The highest BCUT2D eigenvalue weighted by Crippen LogP contribution is 2.38. The Morgan fingerprint density at radius 2 is 1.23 bits per heavy atom. The summed E-state index contributed by atoms with van der Waals surface area (Å²) in [5.74, 6) is -6.83. The quantitative estimate of drug-likeness (QED) is 0.174. The van der Waals surface area contributed by atoms with Gasteiger partial charge in [-0.1, -0.05) is 98.9 Å². The Morgan fingerprint density at radius 3 is 1.82 bits per heavy atom. The van der Waals surface area contributed by atoms with Crippen LogP contribution in [-0.4, -0.2) is 166 Å². The average Bonchev–Trinajstić information content (AvgIpc) is 3.21. The lowest BCUT2D eigenvalue weighted by Crippen LogP contribution is -2.61. The molecule has 3 aliphatic rings. The minimum absolute atomic E-state index is 0.107. The zero-order valence-electron chi connectivity index (χ0n) is 37.6. The molecule has 0 amide bonds. The summed E-state index contributed by atoms with van der Waals surface area (Å²) in [6, 6.07) is -1.15. The molecule has 0 aliphatic carbocycles. The Morgan fingerprint density at radius 1 is 0.662 bits per heavy atom. The predicted octanol–water partition coefficient (Wildman–Crippen LogP) is 0.712. The van der Waals surface area contributed by atoms with Gasteiger partial charge in [-0.3, -0.25) is 9.59 Å². The van der Waals surface area contributed by atoms with E-state index in [1.165, 1.54) is 13.0 Å². The summed E-state index contributed by atoms with van der Waals surface area (Å²) >= 11 is 0. The van der Waals surface area contributed by atoms with Gasteiger partial charge >= 0.3 is 11.9 Å². The molecule has 18 heteroatoms. The number of aliphatic carboxylic acids is 1. The predicted molar refractivity (Wildman–Crippen MR) is 237 cm³/mol. The summed E-state index contributed by atoms with van der Waals surface area (Å²) in [6.45, 7) is 6.74. The smallest absolute Gasteiger partial charge is 0.311 e. The van der Waals surface area contributed by atoms with E-state index in [4.69, 9.17) is 24.7 Å². The summed E-state index contributed by atoms with van der Waals surface area (Å²) < 4.78 is 23.1. The summed E-state index contributed by atoms with van der Waals surface area (Å²) in [6.07, 6.45) is 3.46. The zero-order valence-corrected chi connectivity index (χ0v) is 37.6. The number of hydrogen-bond acceptors (Lipinski definition) is 17. The van der Waals surface area contributed by atoms with Crippen LogP contribution in [0.15, 0.2) is 85.1 Å². The number of esters is 1. The second kappa shape index (κ2) is 27.4. The molecule has 3 aliphatic heterocycles. The Labute approximate surface area is 381 Å². The highest BCUT2D eigenvalue weighted by Gasteiger charge is 2.51. The molecule has 3 rings (SSSR count). The number of carboxylic acids is 1. The van der Waals surface area contributed by atoms with Crippen molar-refractivity contribution >= 4 is 11.9 Å². The fourth-order valence-electron chi connectivity index (χ4n) is 7.97. The van der Waals surface area contributed by atoms with Crippen molar-refractivity contribution in [3.63, 3.8) is 0 Å². The van der Waals surface area contributed by atoms with Crippen molar-refractivity contribution in [1.29, 1.82) is 0 Å². The third kappa shape index (κ3) is 18.6. The van der Waals surface area contributed by atoms with Gasteiger partial charge in [0.25, 0.3) is 0 Å². The van der Waals surface area contributed by atoms with Gasteiger partial charge in [-0.2, -0.15) is 0 Å². The molecule has 0 spiro atoms. The van der Waals surface area contributed by atoms with Gasteiger partial charge in [0.2, 0.25) is 0 Å². The van der Waals surface area contributed by atoms with Crippen LogP contribution < -0.4 is 5.73 Å². The van der Waals surface area contributed by atoms with Crippen molar-refractivity contribution in [3.05, 3.63) is 85.1 Å². The molecule has 19 atom stereocenters. The van der Waals surface area contributed by atoms with Crippen molar-refractivity contribution in [2.24, 2.45) is 23.5 Å². The summed E-state index contributed by atoms with van der Waals surface area (Å²) in [4.78, 5) is 25.1. The summed E-state index contributed by atoms with van der Waals surface area (Å²) in [5, 5.41) is 118. The normalized spacial score (nSPS) is 45.5. The van der Waals surface area contributed by atoms with Gasteiger partial charge in [-0.25, -0.2) is 0 Å². The Bertz CT molecular complexity index is 1670. The second-order valence-corrected chi connectivity index (χ2v) is 17.6. The lowest BCUT2D eigenvalue weighted by atomic mass is 9.82. The SMILES string of the molecule is C[C@@H]1[C@H](O)[C@H](C)/C=C/C=C\C=C\C=C\C=C\C=C\C=C\[C@H](O[C@@H]2O[C@H](C)[C@H](O)[C@H](N)[C@@H]2O)C[C@H]2O[C@@](O)(C[C@H](O)C[C@H](O)[C@H](O)CC[C@H](O)C[C@H](O)CC(=O)O[C@@H]1C)C[C@@H](O)[C@@H]2C(=O)O. The number of nitrogens with two attached hydrogens (primary N) is 1. The van der Waals surface area contributed by atoms with E-state index >= 15 is 0 Å². The van der Waals surface area contributed by atoms with E-state index in [1.54, 1.807) is 80.7 Å². The summed E-state index contributed by atoms with van der Waals surface area (Å²) in [7, 11) is 0. The fourth-order valence-corrected chi connectivity index (χ4v) is 7.97. The molecule has 0 aromatic heterocycles. The van der Waals surface area contributed by atoms with Crippen LogP contribution in [0.25, 0.3) is 0 Å². The second-order valence-electron chi connectivity index (χ2n) is 17.6. The van der Waals surface area contributed by atoms with Crippen LogP contribution in [0, 0.1) is 17.8 Å². The number of aliphatic hydroxyl groups is 10. The molecular formula is C47H73NO17. The van der Waals surface area contributed by atoms with Gasteiger partial charge in [0, 0.05) is 37.5 Å². The Hall–Kier alpha value is -3.44. The number of hydrogen-bond donors (Lipinski definition) is 12. The average molecular weight is 924 g/mol. The van der Waals surface area contributed by atoms with Crippen molar-refractivity contribution in [2.75, 3.05) is 0 Å². The van der Waals surface area contributed by atoms with E-state index in [0.717, 1.165) is 0 Å². The van der Waals surface area contributed by atoms with Gasteiger partial charge in [0.05, 0.1) is 79.6 Å². The Balaban J connectivity index is 1.86. The maximum Gasteiger partial charge on any atom is 0.311 e. The molecule has 18 nitrogen and oxygen atoms in total. The highest BCUT2D eigenvalue weighted by molar-refractivity contribution is 5.71. The first-order valence-corrected chi connectivity index (χ1v) is 22.3. The van der Waals surface area contributed by atoms with Gasteiger partial charge in [0.1, 0.15) is 18.1 Å². The number of rotatable bonds is 3. The molecule has 65 heavy (non-hydrogen) atoms. The van der Waals surface area contributed by atoms with Crippen LogP contribution in [0.4, 0.5) is 0 Å². The molecule has 368 valence electrons. The first-order chi connectivity index (χ1) is 30.6. The lowest BCUT2D eigenvalue weighted by Gasteiger charge is -2.45. The molecule has 0 radical (unpaired) electrons. The van der Waals surface area contributed by atoms with Gasteiger partial charge < -0.3 is 80.9 Å². The Kier molecular flexibility index (Phi) is 23.6. The third-order valence-corrected chi connectivity index (χ3v) is 12.0. The van der Waals surface area contributed by atoms with Crippen LogP contribution in [0.1, 0.15) is 79.1 Å². The van der Waals surface area contributed by atoms with E-state index in [2.05, 4.69) is 0 Å². The van der Waals surface area contributed by atoms with Gasteiger partial charge in [-0.15, -0.1) is 0 Å². The zero-order chi connectivity index (χ0) is 48.4. The fraction of sp³-hybridized carbons (Fsp3) is 0.660. The highest BCUT2D eigenvalue weighted by atomic mass is 16.7. The van der Waals surface area contributed by atoms with E-state index in [-0.39, 0.29) is 31.6 Å². The first kappa shape index (κ1) is 55.9. The van der Waals surface area contributed by atoms with Crippen molar-refractivity contribution in [1.82, 2.24) is 0 Å². The van der Waals surface area contributed by atoms with Crippen molar-refractivity contribution in [2.45, 2.75) is 177 Å². The number of carbonyl (C=O) groups excluding carboxylic acids is 1. The standard InChI is InChI=1S/C47H73NO17/c1-27-17-15-13-11-9-7-5-6-8-10-12-14-16-18-34(64-46-44(58)41(48)43(57)30(4)63-46)24-38-40(45(59)60)37(54)26-47(61,65-38)25-33(51)22-36(53)35(52)20-19-31(49)21-32(50)23-39(55)62-29(3)28(2)42(27)56/h5-18,27-38,40-44,46,49-54,56-58,61H,19-26,48H2,1-4H3,(H,59,60)/b6-5+,9-7+,10-8+,13-11-,14-12+,17-15+,18-16+/t27-,28+,29-,30-,31+,32+,33-,34+,35-,36+,37-,38-,40+,41+,42-,43+,44+,46+,47+/m1/s1. The van der Waals surface area contributed by atoms with Gasteiger partial charge in [0.15, 0.2) is 12.1 Å². The van der Waals surface area contributed by atoms with Crippen LogP contribution in [0.2, 0.25) is 0 Å². The summed E-state index contributed by atoms with van der Waals surface area (Å²) in [5.41, 5.74) is 6.02. The van der Waals surface area contributed by atoms with E-state index in [9.17, 15) is 65.8 Å². The van der Waals surface area contributed by atoms with E-state index in [1.807, 2.05) is 19.1 Å². The molecule has 2 fully saturated rings. The number of fused-ring (bicyclic) bond motifs is 2.